The molecule has 1 aliphatic rings. The maximum absolute atomic E-state index is 13.1. The van der Waals surface area contributed by atoms with Gasteiger partial charge < -0.3 is 5.32 Å². The van der Waals surface area contributed by atoms with Gasteiger partial charge in [0.2, 0.25) is 5.95 Å². The lowest BCUT2D eigenvalue weighted by Gasteiger charge is -2.32. The minimum absolute atomic E-state index is 0.0488. The summed E-state index contributed by atoms with van der Waals surface area (Å²) in [5.41, 5.74) is 1.90. The largest absolute Gasteiger partial charge is 0.352 e. The van der Waals surface area contributed by atoms with Crippen LogP contribution in [0.25, 0.3) is 10.8 Å². The van der Waals surface area contributed by atoms with Crippen LogP contribution in [0.2, 0.25) is 0 Å². The third kappa shape index (κ3) is 4.80. The number of aromatic nitrogens is 2. The number of nitrogens with one attached hydrogen (secondary N) is 1. The zero-order valence-electron chi connectivity index (χ0n) is 17.1. The number of nitrogens with zero attached hydrogens (tertiary/aromatic N) is 3. The third-order valence-corrected chi connectivity index (χ3v) is 5.44. The summed E-state index contributed by atoms with van der Waals surface area (Å²) in [6, 6.07) is 14.6. The molecule has 0 amide bonds. The van der Waals surface area contributed by atoms with Crippen molar-refractivity contribution >= 4 is 22.5 Å². The molecular formula is C24H28N4O. The minimum Gasteiger partial charge on any atom is -0.352 e. The predicted octanol–water partition coefficient (Wildman–Crippen LogP) is 4.55. The normalized spacial score (nSPS) is 17.6. The average molecular weight is 389 g/mol. The van der Waals surface area contributed by atoms with Gasteiger partial charge in [-0.3, -0.25) is 9.69 Å². The molecule has 0 saturated carbocycles. The minimum atomic E-state index is 0.0488. The molecule has 0 spiro atoms. The molecule has 1 saturated heterocycles. The summed E-state index contributed by atoms with van der Waals surface area (Å²) in [5.74, 6) is 0.965. The first-order valence-electron chi connectivity index (χ1n) is 10.4. The van der Waals surface area contributed by atoms with E-state index in [-0.39, 0.29) is 11.7 Å². The quantitative estimate of drug-likeness (QED) is 0.628. The highest BCUT2D eigenvalue weighted by Gasteiger charge is 2.26. The number of rotatable bonds is 6. The fraction of sp³-hybridized carbons (Fsp3) is 0.375. The first-order chi connectivity index (χ1) is 14.1. The summed E-state index contributed by atoms with van der Waals surface area (Å²) in [4.78, 5) is 24.3. The lowest BCUT2D eigenvalue weighted by molar-refractivity contribution is 0.0811. The molecule has 4 rings (SSSR count). The molecule has 1 aromatic heterocycles. The van der Waals surface area contributed by atoms with Gasteiger partial charge in [0.1, 0.15) is 0 Å². The fourth-order valence-electron chi connectivity index (χ4n) is 4.02. The molecule has 1 fully saturated rings. The van der Waals surface area contributed by atoms with Crippen molar-refractivity contribution in [3.63, 3.8) is 0 Å². The molecule has 0 aliphatic carbocycles. The van der Waals surface area contributed by atoms with Gasteiger partial charge in [-0.15, -0.1) is 0 Å². The Morgan fingerprint density at radius 2 is 1.90 bits per heavy atom. The third-order valence-electron chi connectivity index (χ3n) is 5.44. The summed E-state index contributed by atoms with van der Waals surface area (Å²) in [7, 11) is 0. The maximum atomic E-state index is 13.1. The second-order valence-corrected chi connectivity index (χ2v) is 8.21. The Morgan fingerprint density at radius 3 is 2.66 bits per heavy atom. The molecule has 2 heterocycles. The fourth-order valence-corrected chi connectivity index (χ4v) is 4.02. The number of hydrogen-bond acceptors (Lipinski definition) is 5. The van der Waals surface area contributed by atoms with Crippen molar-refractivity contribution in [1.29, 1.82) is 0 Å². The van der Waals surface area contributed by atoms with E-state index in [1.54, 1.807) is 0 Å². The number of piperidine rings is 1. The standard InChI is InChI=1S/C24H28N4O/c1-17(2)27-24-25-13-18(14-26-24)15-28-11-5-8-22(16-28)23(29)21-10-9-19-6-3-4-7-20(19)12-21/h3-4,6-7,9-10,12-14,17,22H,5,8,11,15-16H2,1-2H3,(H,25,26,27)/t22-/m0/s1. The van der Waals surface area contributed by atoms with E-state index >= 15 is 0 Å². The highest BCUT2D eigenvalue weighted by atomic mass is 16.1. The van der Waals surface area contributed by atoms with E-state index in [9.17, 15) is 4.79 Å². The van der Waals surface area contributed by atoms with Crippen LogP contribution < -0.4 is 5.32 Å². The molecule has 5 nitrogen and oxygen atoms in total. The number of likely N-dealkylation sites (tertiary alicyclic amines) is 1. The van der Waals surface area contributed by atoms with Crippen LogP contribution in [0.4, 0.5) is 5.95 Å². The van der Waals surface area contributed by atoms with Gasteiger partial charge in [0, 0.05) is 48.6 Å². The van der Waals surface area contributed by atoms with E-state index in [1.807, 2.05) is 42.7 Å². The van der Waals surface area contributed by atoms with Gasteiger partial charge in [0.25, 0.3) is 0 Å². The van der Waals surface area contributed by atoms with E-state index in [4.69, 9.17) is 0 Å². The zero-order chi connectivity index (χ0) is 20.2. The molecule has 1 atom stereocenters. The first-order valence-corrected chi connectivity index (χ1v) is 10.4. The summed E-state index contributed by atoms with van der Waals surface area (Å²) in [6.07, 6.45) is 5.76. The van der Waals surface area contributed by atoms with Crippen molar-refractivity contribution in [2.45, 2.75) is 39.3 Å². The Balaban J connectivity index is 1.41. The second kappa shape index (κ2) is 8.70. The first kappa shape index (κ1) is 19.5. The number of benzene rings is 2. The molecule has 5 heteroatoms. The van der Waals surface area contributed by atoms with Crippen LogP contribution in [0.15, 0.2) is 54.9 Å². The van der Waals surface area contributed by atoms with Gasteiger partial charge in [-0.2, -0.15) is 0 Å². The van der Waals surface area contributed by atoms with Gasteiger partial charge in [-0.05, 0) is 50.1 Å². The molecule has 1 aliphatic heterocycles. The molecular weight excluding hydrogens is 360 g/mol. The Hall–Kier alpha value is -2.79. The number of ketones is 1. The smallest absolute Gasteiger partial charge is 0.222 e. The average Bonchev–Trinajstić information content (AvgIpc) is 2.74. The molecule has 0 unspecified atom stereocenters. The number of carbonyl (C=O) groups excluding carboxylic acids is 1. The Morgan fingerprint density at radius 1 is 1.14 bits per heavy atom. The van der Waals surface area contributed by atoms with Crippen LogP contribution in [0.5, 0.6) is 0 Å². The summed E-state index contributed by atoms with van der Waals surface area (Å²) >= 11 is 0. The van der Waals surface area contributed by atoms with E-state index in [0.717, 1.165) is 49.0 Å². The van der Waals surface area contributed by atoms with Crippen LogP contribution in [-0.2, 0) is 6.54 Å². The van der Waals surface area contributed by atoms with Crippen molar-refractivity contribution < 1.29 is 4.79 Å². The molecule has 2 aromatic carbocycles. The summed E-state index contributed by atoms with van der Waals surface area (Å²) < 4.78 is 0. The molecule has 1 N–H and O–H groups in total. The van der Waals surface area contributed by atoms with Crippen molar-refractivity contribution in [2.75, 3.05) is 18.4 Å². The van der Waals surface area contributed by atoms with Gasteiger partial charge in [-0.1, -0.05) is 36.4 Å². The highest BCUT2D eigenvalue weighted by molar-refractivity contribution is 6.01. The Bertz CT molecular complexity index is 984. The summed E-state index contributed by atoms with van der Waals surface area (Å²) in [5, 5.41) is 5.50. The van der Waals surface area contributed by atoms with Crippen molar-refractivity contribution in [3.8, 4) is 0 Å². The number of carbonyl (C=O) groups is 1. The van der Waals surface area contributed by atoms with E-state index < -0.39 is 0 Å². The number of hydrogen-bond donors (Lipinski definition) is 1. The molecule has 0 radical (unpaired) electrons. The van der Waals surface area contributed by atoms with E-state index in [1.165, 1.54) is 5.39 Å². The van der Waals surface area contributed by atoms with Crippen LogP contribution >= 0.6 is 0 Å². The van der Waals surface area contributed by atoms with Gasteiger partial charge in [0.05, 0.1) is 0 Å². The highest BCUT2D eigenvalue weighted by Crippen LogP contribution is 2.24. The molecule has 150 valence electrons. The number of Topliss-reactive ketones (excluding diaryl/α,β-unsaturated/α-hetero) is 1. The van der Waals surface area contributed by atoms with Crippen molar-refractivity contribution in [2.24, 2.45) is 5.92 Å². The molecule has 3 aromatic rings. The van der Waals surface area contributed by atoms with Crippen LogP contribution in [-0.4, -0.2) is 39.8 Å². The van der Waals surface area contributed by atoms with Gasteiger partial charge in [-0.25, -0.2) is 9.97 Å². The Labute approximate surface area is 172 Å². The lowest BCUT2D eigenvalue weighted by Crippen LogP contribution is -2.38. The lowest BCUT2D eigenvalue weighted by atomic mass is 9.89. The van der Waals surface area contributed by atoms with Crippen LogP contribution in [0.1, 0.15) is 42.6 Å². The van der Waals surface area contributed by atoms with Crippen molar-refractivity contribution in [3.05, 3.63) is 66.0 Å². The zero-order valence-corrected chi connectivity index (χ0v) is 17.1. The van der Waals surface area contributed by atoms with Gasteiger partial charge >= 0.3 is 0 Å². The van der Waals surface area contributed by atoms with Crippen molar-refractivity contribution in [1.82, 2.24) is 14.9 Å². The monoisotopic (exact) mass is 388 g/mol. The number of anilines is 1. The number of fused-ring (bicyclic) bond motifs is 1. The van der Waals surface area contributed by atoms with Crippen LogP contribution in [0.3, 0.4) is 0 Å². The molecule has 29 heavy (non-hydrogen) atoms. The van der Waals surface area contributed by atoms with E-state index in [2.05, 4.69) is 46.2 Å². The summed E-state index contributed by atoms with van der Waals surface area (Å²) in [6.45, 7) is 6.71. The SMILES string of the molecule is CC(C)Nc1ncc(CN2CCC[C@H](C(=O)c3ccc4ccccc4c3)C2)cn1. The maximum Gasteiger partial charge on any atom is 0.222 e. The molecule has 0 bridgehead atoms. The topological polar surface area (TPSA) is 58.1 Å². The van der Waals surface area contributed by atoms with Crippen LogP contribution in [0, 0.1) is 5.92 Å². The Kier molecular flexibility index (Phi) is 5.86. The second-order valence-electron chi connectivity index (χ2n) is 8.21. The van der Waals surface area contributed by atoms with E-state index in [0.29, 0.717) is 12.0 Å². The van der Waals surface area contributed by atoms with Gasteiger partial charge in [0.15, 0.2) is 5.78 Å². The predicted molar refractivity (Wildman–Crippen MR) is 117 cm³/mol.